The second-order valence-corrected chi connectivity index (χ2v) is 8.29. The number of nitrogens with zero attached hydrogens (tertiary/aromatic N) is 5. The molecule has 0 spiro atoms. The van der Waals surface area contributed by atoms with E-state index in [2.05, 4.69) is 37.0 Å². The fraction of sp³-hybridized carbons (Fsp3) is 0.333. The predicted molar refractivity (Wildman–Crippen MR) is 109 cm³/mol. The molecule has 7 heteroatoms. The maximum atomic E-state index is 14.1. The van der Waals surface area contributed by atoms with Gasteiger partial charge in [-0.1, -0.05) is 48.0 Å². The molecule has 28 heavy (non-hydrogen) atoms. The van der Waals surface area contributed by atoms with Crippen LogP contribution in [0.3, 0.4) is 0 Å². The molecule has 4 aliphatic heterocycles. The van der Waals surface area contributed by atoms with Crippen LogP contribution in [0, 0.1) is 11.2 Å². The van der Waals surface area contributed by atoms with Crippen molar-refractivity contribution in [3.63, 3.8) is 0 Å². The van der Waals surface area contributed by atoms with Gasteiger partial charge >= 0.3 is 0 Å². The van der Waals surface area contributed by atoms with E-state index >= 15 is 0 Å². The minimum absolute atomic E-state index is 0.105. The first-order valence-corrected chi connectivity index (χ1v) is 9.79. The average Bonchev–Trinajstić information content (AvgIpc) is 2.66. The van der Waals surface area contributed by atoms with Gasteiger partial charge in [-0.25, -0.2) is 4.39 Å². The molecule has 0 unspecified atom stereocenters. The lowest BCUT2D eigenvalue weighted by Crippen LogP contribution is -2.74. The lowest BCUT2D eigenvalue weighted by atomic mass is 9.74. The van der Waals surface area contributed by atoms with E-state index in [1.165, 1.54) is 12.3 Å². The molecule has 4 fully saturated rings. The highest BCUT2D eigenvalue weighted by atomic mass is 35.5. The summed E-state index contributed by atoms with van der Waals surface area (Å²) in [5.74, 6) is -0.397. The Hall–Kier alpha value is -2.12. The second-order valence-electron chi connectivity index (χ2n) is 7.89. The molecular formula is C21H21ClFN5. The number of halogens is 2. The molecule has 4 heterocycles. The standard InChI is InChI=1S/C21H21ClFN5/c22-18-7-4-8-19(23)17(18)9-24-25-20(16-5-2-1-3-6-16)21-10-26-13-27(11-21)15-28(12-21)14-26/h1-9H,10-15H2/b24-9-,25-20+. The van der Waals surface area contributed by atoms with E-state index < -0.39 is 5.82 Å². The van der Waals surface area contributed by atoms with Gasteiger partial charge in [0.25, 0.3) is 0 Å². The molecule has 4 saturated heterocycles. The average molecular weight is 398 g/mol. The first-order chi connectivity index (χ1) is 13.6. The van der Waals surface area contributed by atoms with Gasteiger partial charge < -0.3 is 0 Å². The Balaban J connectivity index is 1.55. The van der Waals surface area contributed by atoms with E-state index in [0.717, 1.165) is 50.9 Å². The van der Waals surface area contributed by atoms with E-state index in [1.54, 1.807) is 12.1 Å². The fourth-order valence-electron chi connectivity index (χ4n) is 4.79. The summed E-state index contributed by atoms with van der Waals surface area (Å²) in [6, 6.07) is 14.8. The zero-order valence-electron chi connectivity index (χ0n) is 15.4. The molecule has 2 aromatic carbocycles. The van der Waals surface area contributed by atoms with Crippen molar-refractivity contribution in [2.24, 2.45) is 15.6 Å². The third kappa shape index (κ3) is 3.16. The largest absolute Gasteiger partial charge is 0.276 e. The fourth-order valence-corrected chi connectivity index (χ4v) is 5.00. The Morgan fingerprint density at radius 2 is 1.57 bits per heavy atom. The molecule has 0 aromatic heterocycles. The number of hydrogen-bond donors (Lipinski definition) is 0. The SMILES string of the molecule is Fc1cccc(Cl)c1/C=N\N=C(/c1ccccc1)C12CN3CN(CN(C3)C1)C2. The van der Waals surface area contributed by atoms with Gasteiger partial charge in [-0.05, 0) is 17.7 Å². The van der Waals surface area contributed by atoms with Crippen LogP contribution in [0.4, 0.5) is 4.39 Å². The van der Waals surface area contributed by atoms with Crippen LogP contribution < -0.4 is 0 Å². The van der Waals surface area contributed by atoms with E-state index in [-0.39, 0.29) is 11.0 Å². The van der Waals surface area contributed by atoms with Crippen LogP contribution in [0.5, 0.6) is 0 Å². The Kier molecular flexibility index (Phi) is 4.51. The summed E-state index contributed by atoms with van der Waals surface area (Å²) in [7, 11) is 0. The predicted octanol–water partition coefficient (Wildman–Crippen LogP) is 3.11. The maximum absolute atomic E-state index is 14.1. The number of rotatable bonds is 4. The molecule has 0 radical (unpaired) electrons. The first-order valence-electron chi connectivity index (χ1n) is 9.41. The summed E-state index contributed by atoms with van der Waals surface area (Å²) in [4.78, 5) is 7.35. The van der Waals surface area contributed by atoms with Crippen molar-refractivity contribution >= 4 is 23.5 Å². The summed E-state index contributed by atoms with van der Waals surface area (Å²) in [6.45, 7) is 5.91. The van der Waals surface area contributed by atoms with Crippen molar-refractivity contribution in [1.82, 2.24) is 14.7 Å². The molecular weight excluding hydrogens is 377 g/mol. The minimum Gasteiger partial charge on any atom is -0.276 e. The molecule has 0 atom stereocenters. The highest BCUT2D eigenvalue weighted by molar-refractivity contribution is 6.33. The van der Waals surface area contributed by atoms with Gasteiger partial charge in [0.05, 0.1) is 42.4 Å². The summed E-state index contributed by atoms with van der Waals surface area (Å²) in [6.07, 6.45) is 1.42. The van der Waals surface area contributed by atoms with Gasteiger partial charge in [0.2, 0.25) is 0 Å². The van der Waals surface area contributed by atoms with Crippen LogP contribution in [-0.4, -0.2) is 66.3 Å². The second kappa shape index (κ2) is 7.04. The van der Waals surface area contributed by atoms with Gasteiger partial charge in [0.15, 0.2) is 0 Å². The van der Waals surface area contributed by atoms with Crippen molar-refractivity contribution < 1.29 is 4.39 Å². The summed E-state index contributed by atoms with van der Waals surface area (Å²) in [5, 5.41) is 9.25. The first kappa shape index (κ1) is 17.9. The smallest absolute Gasteiger partial charge is 0.133 e. The Bertz CT molecular complexity index is 888. The molecule has 2 aromatic rings. The molecule has 0 saturated carbocycles. The maximum Gasteiger partial charge on any atom is 0.133 e. The third-order valence-corrected chi connectivity index (χ3v) is 6.00. The van der Waals surface area contributed by atoms with Gasteiger partial charge in [-0.3, -0.25) is 14.7 Å². The van der Waals surface area contributed by atoms with Crippen LogP contribution >= 0.6 is 11.6 Å². The normalized spacial score (nSPS) is 31.6. The monoisotopic (exact) mass is 397 g/mol. The van der Waals surface area contributed by atoms with Crippen molar-refractivity contribution in [2.45, 2.75) is 0 Å². The van der Waals surface area contributed by atoms with Gasteiger partial charge in [0, 0.05) is 25.2 Å². The zero-order valence-corrected chi connectivity index (χ0v) is 16.2. The topological polar surface area (TPSA) is 34.4 Å². The summed E-state index contributed by atoms with van der Waals surface area (Å²) < 4.78 is 14.1. The Morgan fingerprint density at radius 3 is 2.18 bits per heavy atom. The molecule has 4 aliphatic rings. The van der Waals surface area contributed by atoms with Crippen LogP contribution in [0.2, 0.25) is 5.02 Å². The molecule has 0 N–H and O–H groups in total. The van der Waals surface area contributed by atoms with E-state index in [4.69, 9.17) is 11.6 Å². The molecule has 0 amide bonds. The highest BCUT2D eigenvalue weighted by Crippen LogP contribution is 2.38. The van der Waals surface area contributed by atoms with Crippen LogP contribution in [0.15, 0.2) is 58.7 Å². The third-order valence-electron chi connectivity index (χ3n) is 5.67. The zero-order chi connectivity index (χ0) is 19.1. The molecule has 4 bridgehead atoms. The summed E-state index contributed by atoms with van der Waals surface area (Å²) in [5.41, 5.74) is 2.18. The van der Waals surface area contributed by atoms with Crippen molar-refractivity contribution in [3.05, 3.63) is 70.5 Å². The van der Waals surface area contributed by atoms with E-state index in [1.807, 2.05) is 18.2 Å². The van der Waals surface area contributed by atoms with Crippen LogP contribution in [0.25, 0.3) is 0 Å². The Morgan fingerprint density at radius 1 is 0.929 bits per heavy atom. The van der Waals surface area contributed by atoms with E-state index in [9.17, 15) is 4.39 Å². The van der Waals surface area contributed by atoms with Crippen LogP contribution in [-0.2, 0) is 0 Å². The summed E-state index contributed by atoms with van der Waals surface area (Å²) >= 11 is 6.12. The molecule has 144 valence electrons. The van der Waals surface area contributed by atoms with Gasteiger partial charge in [-0.15, -0.1) is 0 Å². The number of benzene rings is 2. The van der Waals surface area contributed by atoms with Gasteiger partial charge in [0.1, 0.15) is 5.82 Å². The molecule has 6 rings (SSSR count). The van der Waals surface area contributed by atoms with Crippen molar-refractivity contribution in [3.8, 4) is 0 Å². The number of hydrogen-bond acceptors (Lipinski definition) is 5. The van der Waals surface area contributed by atoms with E-state index in [0.29, 0.717) is 5.02 Å². The molecule has 5 nitrogen and oxygen atoms in total. The van der Waals surface area contributed by atoms with Crippen molar-refractivity contribution in [2.75, 3.05) is 39.6 Å². The minimum atomic E-state index is -0.397. The van der Waals surface area contributed by atoms with Crippen molar-refractivity contribution in [1.29, 1.82) is 0 Å². The molecule has 0 aliphatic carbocycles. The lowest BCUT2D eigenvalue weighted by molar-refractivity contribution is -0.149. The Labute approximate surface area is 168 Å². The van der Waals surface area contributed by atoms with Gasteiger partial charge in [-0.2, -0.15) is 10.2 Å². The quantitative estimate of drug-likeness (QED) is 0.587. The highest BCUT2D eigenvalue weighted by Gasteiger charge is 2.51. The lowest BCUT2D eigenvalue weighted by Gasteiger charge is -2.60. The van der Waals surface area contributed by atoms with Crippen LogP contribution in [0.1, 0.15) is 11.1 Å².